The fourth-order valence-corrected chi connectivity index (χ4v) is 4.34. The van der Waals surface area contributed by atoms with E-state index in [-0.39, 0.29) is 82.7 Å². The van der Waals surface area contributed by atoms with Gasteiger partial charge in [-0.3, -0.25) is 14.4 Å². The molecule has 0 aliphatic rings. The van der Waals surface area contributed by atoms with Crippen molar-refractivity contribution in [1.29, 1.82) is 0 Å². The van der Waals surface area contributed by atoms with Crippen molar-refractivity contribution >= 4 is 17.7 Å². The third kappa shape index (κ3) is 30.2. The molecule has 0 aromatic carbocycles. The minimum Gasteiger partial charge on any atom is -0.380 e. The quantitative estimate of drug-likeness (QED) is 0.0564. The van der Waals surface area contributed by atoms with Crippen LogP contribution in [0.25, 0.3) is 0 Å². The maximum Gasteiger partial charge on any atom is 0.222 e. The predicted octanol–water partition coefficient (Wildman–Crippen LogP) is 2.13. The Bertz CT molecular complexity index is 721. The number of carbonyl (C=O) groups is 3. The van der Waals surface area contributed by atoms with Gasteiger partial charge in [-0.2, -0.15) is 0 Å². The lowest BCUT2D eigenvalue weighted by molar-refractivity contribution is -0.130. The van der Waals surface area contributed by atoms with E-state index in [9.17, 15) is 14.4 Å². The Balaban J connectivity index is 4.99. The van der Waals surface area contributed by atoms with Crippen molar-refractivity contribution in [2.24, 2.45) is 5.41 Å². The molecule has 0 saturated heterocycles. The van der Waals surface area contributed by atoms with Crippen molar-refractivity contribution in [2.45, 2.75) is 118 Å². The summed E-state index contributed by atoms with van der Waals surface area (Å²) in [6.07, 6.45) is 3.24. The molecule has 13 nitrogen and oxygen atoms in total. The number of nitrogens with one attached hydrogen (secondary N) is 6. The Morgan fingerprint density at radius 2 is 0.792 bits per heavy atom. The van der Waals surface area contributed by atoms with Crippen molar-refractivity contribution in [3.8, 4) is 0 Å². The summed E-state index contributed by atoms with van der Waals surface area (Å²) in [6.45, 7) is 22.5. The fraction of sp³-hybridized carbons (Fsp3) is 0.914. The largest absolute Gasteiger partial charge is 0.380 e. The van der Waals surface area contributed by atoms with Gasteiger partial charge < -0.3 is 50.8 Å². The molecule has 284 valence electrons. The van der Waals surface area contributed by atoms with Gasteiger partial charge in [0.05, 0.1) is 57.8 Å². The Morgan fingerprint density at radius 3 is 1.06 bits per heavy atom. The summed E-state index contributed by atoms with van der Waals surface area (Å²) < 4.78 is 24.1. The van der Waals surface area contributed by atoms with Crippen LogP contribution in [-0.4, -0.2) is 127 Å². The first-order valence-electron chi connectivity index (χ1n) is 18.2. The maximum atomic E-state index is 12.3. The molecule has 0 aromatic rings. The molecule has 0 aliphatic carbocycles. The fourth-order valence-electron chi connectivity index (χ4n) is 4.34. The summed E-state index contributed by atoms with van der Waals surface area (Å²) in [5.74, 6) is -0.186. The van der Waals surface area contributed by atoms with Gasteiger partial charge in [0.15, 0.2) is 0 Å². The SMILES string of the molecule is CC(C)NCCCNC(=O)CCOCC(COCCC(=O)NCCCNC(C)C)(COCCC(=O)NCCCNC(C)C)COC(C)C. The van der Waals surface area contributed by atoms with Gasteiger partial charge in [0.25, 0.3) is 0 Å². The Labute approximate surface area is 291 Å². The van der Waals surface area contributed by atoms with E-state index in [4.69, 9.17) is 18.9 Å². The van der Waals surface area contributed by atoms with E-state index >= 15 is 0 Å². The molecule has 6 N–H and O–H groups in total. The zero-order valence-electron chi connectivity index (χ0n) is 31.6. The average molecular weight is 689 g/mol. The van der Waals surface area contributed by atoms with Crippen LogP contribution in [0, 0.1) is 5.41 Å². The molecule has 3 amide bonds. The van der Waals surface area contributed by atoms with E-state index in [1.165, 1.54) is 0 Å². The van der Waals surface area contributed by atoms with Crippen LogP contribution >= 0.6 is 0 Å². The zero-order valence-corrected chi connectivity index (χ0v) is 31.6. The normalized spacial score (nSPS) is 12.0. The van der Waals surface area contributed by atoms with Crippen LogP contribution in [0.3, 0.4) is 0 Å². The first kappa shape index (κ1) is 46.1. The average Bonchev–Trinajstić information content (AvgIpc) is 3.01. The molecule has 0 spiro atoms. The van der Waals surface area contributed by atoms with Crippen molar-refractivity contribution in [1.82, 2.24) is 31.9 Å². The maximum absolute atomic E-state index is 12.3. The van der Waals surface area contributed by atoms with Crippen LogP contribution in [0.1, 0.15) is 93.9 Å². The van der Waals surface area contributed by atoms with Gasteiger partial charge in [-0.05, 0) is 52.7 Å². The standard InChI is InChI=1S/C35H72N6O7/c1-28(2)36-15-9-18-39-32(42)12-21-45-24-35(27-48-31(7)8,25-46-22-13-33(43)40-19-10-16-37-29(3)4)26-47-23-14-34(44)41-20-11-17-38-30(5)6/h28-31,36-38H,9-27H2,1-8H3,(H,39,42)(H,40,43)(H,41,44). The number of hydrogen-bond donors (Lipinski definition) is 6. The van der Waals surface area contributed by atoms with E-state index in [0.717, 1.165) is 38.9 Å². The second kappa shape index (κ2) is 30.0. The summed E-state index contributed by atoms with van der Waals surface area (Å²) in [5, 5.41) is 18.8. The van der Waals surface area contributed by atoms with Crippen molar-refractivity contribution < 1.29 is 33.3 Å². The van der Waals surface area contributed by atoms with E-state index in [0.29, 0.717) is 44.4 Å². The topological polar surface area (TPSA) is 160 Å². The Hall–Kier alpha value is -1.87. The van der Waals surface area contributed by atoms with Gasteiger partial charge >= 0.3 is 0 Å². The molecule has 0 radical (unpaired) electrons. The number of rotatable bonds is 33. The molecule has 0 bridgehead atoms. The molecule has 13 heteroatoms. The number of amides is 3. The van der Waals surface area contributed by atoms with Crippen LogP contribution < -0.4 is 31.9 Å². The van der Waals surface area contributed by atoms with Crippen molar-refractivity contribution in [2.75, 3.05) is 85.5 Å². The molecule has 48 heavy (non-hydrogen) atoms. The third-order valence-electron chi connectivity index (χ3n) is 7.05. The van der Waals surface area contributed by atoms with Gasteiger partial charge in [0.1, 0.15) is 0 Å². The minimum atomic E-state index is -0.693. The summed E-state index contributed by atoms with van der Waals surface area (Å²) in [5.41, 5.74) is -0.693. The Kier molecular flexibility index (Phi) is 28.8. The zero-order chi connectivity index (χ0) is 36.0. The second-order valence-electron chi connectivity index (χ2n) is 13.7. The van der Waals surface area contributed by atoms with Gasteiger partial charge in [-0.1, -0.05) is 41.5 Å². The lowest BCUT2D eigenvalue weighted by Crippen LogP contribution is -2.43. The molecule has 0 saturated carbocycles. The first-order valence-corrected chi connectivity index (χ1v) is 18.2. The highest BCUT2D eigenvalue weighted by atomic mass is 16.5. The van der Waals surface area contributed by atoms with Crippen LogP contribution in [0.2, 0.25) is 0 Å². The van der Waals surface area contributed by atoms with E-state index in [1.807, 2.05) is 13.8 Å². The summed E-state index contributed by atoms with van der Waals surface area (Å²) in [7, 11) is 0. The van der Waals surface area contributed by atoms with Crippen LogP contribution in [-0.2, 0) is 33.3 Å². The van der Waals surface area contributed by atoms with Crippen LogP contribution in [0.4, 0.5) is 0 Å². The number of hydrogen-bond acceptors (Lipinski definition) is 10. The minimum absolute atomic E-state index is 0.0349. The third-order valence-corrected chi connectivity index (χ3v) is 7.05. The van der Waals surface area contributed by atoms with Crippen molar-refractivity contribution in [3.05, 3.63) is 0 Å². The lowest BCUT2D eigenvalue weighted by atomic mass is 9.92. The Morgan fingerprint density at radius 1 is 0.479 bits per heavy atom. The van der Waals surface area contributed by atoms with Crippen molar-refractivity contribution in [3.63, 3.8) is 0 Å². The van der Waals surface area contributed by atoms with E-state index in [2.05, 4.69) is 73.4 Å². The van der Waals surface area contributed by atoms with Gasteiger partial charge in [0.2, 0.25) is 17.7 Å². The number of carbonyl (C=O) groups excluding carboxylic acids is 3. The molecule has 0 rings (SSSR count). The van der Waals surface area contributed by atoms with Crippen LogP contribution in [0.15, 0.2) is 0 Å². The molecule has 0 fully saturated rings. The molecule has 0 atom stereocenters. The summed E-state index contributed by atoms with van der Waals surface area (Å²) in [6, 6.07) is 1.25. The molecule has 0 heterocycles. The highest BCUT2D eigenvalue weighted by Gasteiger charge is 2.33. The molecular formula is C35H72N6O7. The first-order chi connectivity index (χ1) is 22.8. The molecule has 0 aliphatic heterocycles. The van der Waals surface area contributed by atoms with E-state index in [1.54, 1.807) is 0 Å². The van der Waals surface area contributed by atoms with Crippen LogP contribution in [0.5, 0.6) is 0 Å². The highest BCUT2D eigenvalue weighted by molar-refractivity contribution is 5.76. The smallest absolute Gasteiger partial charge is 0.222 e. The molecule has 0 aromatic heterocycles. The highest BCUT2D eigenvalue weighted by Crippen LogP contribution is 2.22. The lowest BCUT2D eigenvalue weighted by Gasteiger charge is -2.33. The molecule has 0 unspecified atom stereocenters. The molecular weight excluding hydrogens is 616 g/mol. The van der Waals surface area contributed by atoms with E-state index < -0.39 is 5.41 Å². The predicted molar refractivity (Wildman–Crippen MR) is 192 cm³/mol. The van der Waals surface area contributed by atoms with Gasteiger partial charge in [-0.25, -0.2) is 0 Å². The second-order valence-corrected chi connectivity index (χ2v) is 13.7. The van der Waals surface area contributed by atoms with Gasteiger partial charge in [0, 0.05) is 57.0 Å². The summed E-state index contributed by atoms with van der Waals surface area (Å²) >= 11 is 0. The number of ether oxygens (including phenoxy) is 4. The monoisotopic (exact) mass is 689 g/mol. The summed E-state index contributed by atoms with van der Waals surface area (Å²) in [4.78, 5) is 37.0. The van der Waals surface area contributed by atoms with Gasteiger partial charge in [-0.15, -0.1) is 0 Å².